The molecule has 0 unspecified atom stereocenters. The number of hydrogen-bond acceptors (Lipinski definition) is 7. The maximum Gasteiger partial charge on any atom is 0.354 e. The third kappa shape index (κ3) is 3.47. The molecule has 8 heteroatoms. The molecule has 0 aliphatic heterocycles. The van der Waals surface area contributed by atoms with Crippen molar-refractivity contribution in [3.8, 4) is 0 Å². The van der Waals surface area contributed by atoms with E-state index in [1.54, 1.807) is 12.1 Å². The minimum absolute atomic E-state index is 0.0945. The molecule has 25 heavy (non-hydrogen) atoms. The highest BCUT2D eigenvalue weighted by molar-refractivity contribution is 5.74. The molecule has 2 aromatic carbocycles. The molecular formula is C17H16N6O2. The van der Waals surface area contributed by atoms with Crippen LogP contribution in [0.4, 0.5) is 28.7 Å². The molecule has 2 N–H and O–H groups in total. The molecule has 0 saturated heterocycles. The van der Waals surface area contributed by atoms with Gasteiger partial charge in [-0.05, 0) is 24.3 Å². The van der Waals surface area contributed by atoms with E-state index >= 15 is 0 Å². The van der Waals surface area contributed by atoms with Gasteiger partial charge in [0.1, 0.15) is 6.33 Å². The lowest BCUT2D eigenvalue weighted by Crippen LogP contribution is -2.26. The summed E-state index contributed by atoms with van der Waals surface area (Å²) in [7, 11) is 1.57. The van der Waals surface area contributed by atoms with Crippen LogP contribution >= 0.6 is 0 Å². The lowest BCUT2D eigenvalue weighted by molar-refractivity contribution is -0.383. The van der Waals surface area contributed by atoms with Gasteiger partial charge in [0.25, 0.3) is 0 Å². The number of para-hydroxylation sites is 2. The van der Waals surface area contributed by atoms with Gasteiger partial charge in [-0.25, -0.2) is 9.97 Å². The average molecular weight is 336 g/mol. The Kier molecular flexibility index (Phi) is 4.70. The third-order valence-corrected chi connectivity index (χ3v) is 3.49. The van der Waals surface area contributed by atoms with Gasteiger partial charge in [-0.2, -0.15) is 0 Å². The van der Waals surface area contributed by atoms with Gasteiger partial charge in [-0.1, -0.05) is 36.4 Å². The number of nitro groups is 1. The van der Waals surface area contributed by atoms with Crippen LogP contribution < -0.4 is 15.8 Å². The molecule has 8 nitrogen and oxygen atoms in total. The van der Waals surface area contributed by atoms with E-state index in [0.717, 1.165) is 11.4 Å². The Labute approximate surface area is 144 Å². The van der Waals surface area contributed by atoms with Crippen LogP contribution in [0.1, 0.15) is 0 Å². The van der Waals surface area contributed by atoms with Crippen LogP contribution in [0.5, 0.6) is 0 Å². The van der Waals surface area contributed by atoms with Crippen LogP contribution in [0.25, 0.3) is 0 Å². The summed E-state index contributed by atoms with van der Waals surface area (Å²) < 4.78 is 0. The molecule has 0 spiro atoms. The van der Waals surface area contributed by atoms with Gasteiger partial charge in [0.05, 0.1) is 16.3 Å². The average Bonchev–Trinajstić information content (AvgIpc) is 2.67. The fourth-order valence-corrected chi connectivity index (χ4v) is 2.35. The van der Waals surface area contributed by atoms with Crippen LogP contribution in [0.15, 0.2) is 67.0 Å². The number of rotatable bonds is 6. The molecule has 3 aromatic rings. The van der Waals surface area contributed by atoms with Crippen molar-refractivity contribution in [3.05, 3.63) is 77.1 Å². The maximum absolute atomic E-state index is 11.5. The van der Waals surface area contributed by atoms with E-state index in [2.05, 4.69) is 20.7 Å². The largest absolute Gasteiger partial charge is 0.367 e. The second-order valence-corrected chi connectivity index (χ2v) is 5.04. The van der Waals surface area contributed by atoms with Gasteiger partial charge in [0, 0.05) is 7.05 Å². The lowest BCUT2D eigenvalue weighted by atomic mass is 10.2. The highest BCUT2D eigenvalue weighted by atomic mass is 16.6. The lowest BCUT2D eigenvalue weighted by Gasteiger charge is -2.25. The Bertz CT molecular complexity index is 818. The number of nitrogens with one attached hydrogen (secondary N) is 2. The molecule has 0 saturated carbocycles. The quantitative estimate of drug-likeness (QED) is 0.524. The summed E-state index contributed by atoms with van der Waals surface area (Å²) >= 11 is 0. The third-order valence-electron chi connectivity index (χ3n) is 3.49. The summed E-state index contributed by atoms with van der Waals surface area (Å²) in [6.45, 7) is 0. The first-order valence-electron chi connectivity index (χ1n) is 7.54. The molecule has 0 bridgehead atoms. The van der Waals surface area contributed by atoms with E-state index in [-0.39, 0.29) is 17.3 Å². The molecule has 0 radical (unpaired) electrons. The molecule has 1 aromatic heterocycles. The van der Waals surface area contributed by atoms with Crippen LogP contribution in [0.2, 0.25) is 0 Å². The number of benzene rings is 2. The number of anilines is 4. The highest BCUT2D eigenvalue weighted by Crippen LogP contribution is 2.32. The van der Waals surface area contributed by atoms with Crippen molar-refractivity contribution in [2.75, 3.05) is 22.8 Å². The first kappa shape index (κ1) is 16.2. The molecule has 0 fully saturated rings. The summed E-state index contributed by atoms with van der Waals surface area (Å²) in [6.07, 6.45) is 1.27. The zero-order valence-electron chi connectivity index (χ0n) is 13.5. The smallest absolute Gasteiger partial charge is 0.354 e. The van der Waals surface area contributed by atoms with Crippen LogP contribution in [-0.4, -0.2) is 21.9 Å². The Morgan fingerprint density at radius 3 is 1.92 bits per heavy atom. The predicted molar refractivity (Wildman–Crippen MR) is 96.9 cm³/mol. The molecule has 126 valence electrons. The molecule has 0 aliphatic rings. The van der Waals surface area contributed by atoms with Crippen LogP contribution in [-0.2, 0) is 0 Å². The van der Waals surface area contributed by atoms with Gasteiger partial charge in [0.2, 0.25) is 11.6 Å². The van der Waals surface area contributed by atoms with Crippen molar-refractivity contribution in [3.63, 3.8) is 0 Å². The minimum atomic E-state index is -0.512. The fourth-order valence-electron chi connectivity index (χ4n) is 2.35. The standard InChI is InChI=1S/C17H16N6O2/c1-18-16-15(23(24)25)17(20-12-19-16)21-22(13-8-4-2-5-9-13)14-10-6-3-7-11-14/h2-12H,1H3,(H2,18,19,20,21). The normalized spacial score (nSPS) is 10.1. The van der Waals surface area contributed by atoms with Gasteiger partial charge in [-0.3, -0.25) is 20.5 Å². The number of hydrogen-bond donors (Lipinski definition) is 2. The Morgan fingerprint density at radius 1 is 0.920 bits per heavy atom. The summed E-state index contributed by atoms with van der Waals surface area (Å²) in [5.74, 6) is 0.237. The zero-order valence-corrected chi connectivity index (χ0v) is 13.5. The SMILES string of the molecule is CNc1ncnc(NN(c2ccccc2)c2ccccc2)c1[N+](=O)[O-]. The molecule has 1 heterocycles. The maximum atomic E-state index is 11.5. The summed E-state index contributed by atoms with van der Waals surface area (Å²) in [4.78, 5) is 18.9. The Morgan fingerprint density at radius 2 is 1.44 bits per heavy atom. The van der Waals surface area contributed by atoms with Crippen molar-refractivity contribution in [2.24, 2.45) is 0 Å². The first-order chi connectivity index (χ1) is 12.2. The second kappa shape index (κ2) is 7.26. The van der Waals surface area contributed by atoms with E-state index < -0.39 is 4.92 Å². The first-order valence-corrected chi connectivity index (χ1v) is 7.54. The number of nitrogens with zero attached hydrogens (tertiary/aromatic N) is 4. The topological polar surface area (TPSA) is 96.2 Å². The van der Waals surface area contributed by atoms with E-state index in [1.165, 1.54) is 6.33 Å². The van der Waals surface area contributed by atoms with Crippen LogP contribution in [0, 0.1) is 10.1 Å². The molecule has 0 amide bonds. The van der Waals surface area contributed by atoms with Gasteiger partial charge >= 0.3 is 5.69 Å². The molecule has 3 rings (SSSR count). The van der Waals surface area contributed by atoms with Crippen LogP contribution in [0.3, 0.4) is 0 Å². The molecule has 0 aliphatic carbocycles. The van der Waals surface area contributed by atoms with Gasteiger partial charge in [-0.15, -0.1) is 0 Å². The van der Waals surface area contributed by atoms with E-state index in [9.17, 15) is 10.1 Å². The minimum Gasteiger partial charge on any atom is -0.367 e. The Balaban J connectivity index is 2.07. The van der Waals surface area contributed by atoms with Crippen molar-refractivity contribution in [1.29, 1.82) is 0 Å². The van der Waals surface area contributed by atoms with Crippen molar-refractivity contribution in [2.45, 2.75) is 0 Å². The fraction of sp³-hybridized carbons (Fsp3) is 0.0588. The van der Waals surface area contributed by atoms with Crippen molar-refractivity contribution in [1.82, 2.24) is 9.97 Å². The Hall–Kier alpha value is -3.68. The highest BCUT2D eigenvalue weighted by Gasteiger charge is 2.24. The van der Waals surface area contributed by atoms with Crippen molar-refractivity contribution >= 4 is 28.7 Å². The van der Waals surface area contributed by atoms with E-state index in [0.29, 0.717) is 0 Å². The number of hydrazine groups is 1. The van der Waals surface area contributed by atoms with E-state index in [1.807, 2.05) is 60.7 Å². The second-order valence-electron chi connectivity index (χ2n) is 5.04. The monoisotopic (exact) mass is 336 g/mol. The summed E-state index contributed by atoms with van der Waals surface area (Å²) in [5, 5.41) is 15.9. The summed E-state index contributed by atoms with van der Waals surface area (Å²) in [6, 6.07) is 18.9. The number of aromatic nitrogens is 2. The zero-order chi connectivity index (χ0) is 17.6. The predicted octanol–water partition coefficient (Wildman–Crippen LogP) is 3.59. The van der Waals surface area contributed by atoms with E-state index in [4.69, 9.17) is 0 Å². The summed E-state index contributed by atoms with van der Waals surface area (Å²) in [5.41, 5.74) is 4.44. The molecular weight excluding hydrogens is 320 g/mol. The van der Waals surface area contributed by atoms with Gasteiger partial charge in [0.15, 0.2) is 0 Å². The van der Waals surface area contributed by atoms with Crippen molar-refractivity contribution < 1.29 is 4.92 Å². The van der Waals surface area contributed by atoms with Gasteiger partial charge < -0.3 is 5.32 Å². The molecule has 0 atom stereocenters.